The molecular weight excluding hydrogens is 406 g/mol. The van der Waals surface area contributed by atoms with Gasteiger partial charge in [-0.1, -0.05) is 0 Å². The summed E-state index contributed by atoms with van der Waals surface area (Å²) in [7, 11) is -0.187. The van der Waals surface area contributed by atoms with Gasteiger partial charge < -0.3 is 14.0 Å². The summed E-state index contributed by atoms with van der Waals surface area (Å²) in [6.45, 7) is 1.39. The molecule has 0 radical (unpaired) electrons. The van der Waals surface area contributed by atoms with Crippen LogP contribution in [0.3, 0.4) is 0 Å². The molecule has 1 aromatic carbocycles. The number of sulfonamides is 1. The Balaban J connectivity index is 1.32. The highest BCUT2D eigenvalue weighted by atomic mass is 32.2. The zero-order valence-corrected chi connectivity index (χ0v) is 17.8. The third kappa shape index (κ3) is 4.34. The lowest BCUT2D eigenvalue weighted by Gasteiger charge is -2.14. The summed E-state index contributed by atoms with van der Waals surface area (Å²) in [4.78, 5) is 3.99. The Kier molecular flexibility index (Phi) is 5.78. The first kappa shape index (κ1) is 20.4. The second-order valence-corrected chi connectivity index (χ2v) is 9.20. The number of hydrogen-bond donors (Lipinski definition) is 1. The van der Waals surface area contributed by atoms with Crippen molar-refractivity contribution in [3.05, 3.63) is 54.2 Å². The number of nitrogens with one attached hydrogen (secondary N) is 1. The highest BCUT2D eigenvalue weighted by Crippen LogP contribution is 2.30. The molecule has 3 heterocycles. The number of aromatic amines is 1. The van der Waals surface area contributed by atoms with E-state index in [2.05, 4.69) is 15.2 Å². The van der Waals surface area contributed by atoms with Crippen molar-refractivity contribution in [2.45, 2.75) is 23.8 Å². The summed E-state index contributed by atoms with van der Waals surface area (Å²) in [6.07, 6.45) is 4.44. The number of aryl methyl sites for hydroxylation is 1. The van der Waals surface area contributed by atoms with Gasteiger partial charge in [0, 0.05) is 44.4 Å². The van der Waals surface area contributed by atoms with E-state index in [-0.39, 0.29) is 10.9 Å². The molecular formula is C20H25N5O4S. The number of aromatic nitrogens is 4. The smallest absolute Gasteiger partial charge is 0.262 e. The Morgan fingerprint density at radius 2 is 2.00 bits per heavy atom. The fourth-order valence-electron chi connectivity index (χ4n) is 3.51. The minimum Gasteiger partial charge on any atom is -0.497 e. The number of hydrogen-bond acceptors (Lipinski definition) is 6. The van der Waals surface area contributed by atoms with Gasteiger partial charge in [0.05, 0.1) is 25.7 Å². The third-order valence-electron chi connectivity index (χ3n) is 5.20. The van der Waals surface area contributed by atoms with Gasteiger partial charge in [0.1, 0.15) is 11.5 Å². The predicted molar refractivity (Wildman–Crippen MR) is 110 cm³/mol. The van der Waals surface area contributed by atoms with Gasteiger partial charge >= 0.3 is 0 Å². The molecule has 2 aromatic heterocycles. The largest absolute Gasteiger partial charge is 0.497 e. The second kappa shape index (κ2) is 8.49. The fourth-order valence-corrected chi connectivity index (χ4v) is 4.98. The normalized spacial score (nSPS) is 17.3. The minimum atomic E-state index is -3.57. The lowest BCUT2D eigenvalue weighted by Crippen LogP contribution is -2.29. The Labute approximate surface area is 175 Å². The predicted octanol–water partition coefficient (Wildman–Crippen LogP) is 1.95. The van der Waals surface area contributed by atoms with Crippen molar-refractivity contribution >= 4 is 10.0 Å². The Morgan fingerprint density at radius 1 is 1.23 bits per heavy atom. The molecule has 10 heteroatoms. The fraction of sp³-hybridized carbons (Fsp3) is 0.400. The molecule has 1 atom stereocenters. The summed E-state index contributed by atoms with van der Waals surface area (Å²) in [6, 6.07) is 9.45. The number of imidazole rings is 1. The monoisotopic (exact) mass is 431 g/mol. The molecule has 1 N–H and O–H groups in total. The van der Waals surface area contributed by atoms with Crippen LogP contribution in [0.4, 0.5) is 0 Å². The SMILES string of the molecule is COc1ccc(OCCc2cc(C3CCN(S(=O)(=O)c4cn(C)cn4)C3)n[nH]2)cc1. The van der Waals surface area contributed by atoms with E-state index < -0.39 is 10.0 Å². The van der Waals surface area contributed by atoms with Crippen LogP contribution in [-0.4, -0.2) is 59.3 Å². The van der Waals surface area contributed by atoms with Gasteiger partial charge in [-0.15, -0.1) is 0 Å². The van der Waals surface area contributed by atoms with Crippen molar-refractivity contribution in [1.82, 2.24) is 24.1 Å². The minimum absolute atomic E-state index is 0.0657. The molecule has 0 amide bonds. The number of rotatable bonds is 8. The van der Waals surface area contributed by atoms with Gasteiger partial charge in [-0.2, -0.15) is 9.40 Å². The standard InChI is InChI=1S/C20H25N5O4S/c1-24-13-20(21-14-24)30(26,27)25-9-7-15(12-25)19-11-16(22-23-19)8-10-29-18-5-3-17(28-2)4-6-18/h3-6,11,13-15H,7-10,12H2,1-2H3,(H,22,23). The van der Waals surface area contributed by atoms with Crippen LogP contribution in [0.5, 0.6) is 11.5 Å². The average molecular weight is 432 g/mol. The number of nitrogens with zero attached hydrogens (tertiary/aromatic N) is 4. The van der Waals surface area contributed by atoms with E-state index >= 15 is 0 Å². The molecule has 30 heavy (non-hydrogen) atoms. The van der Waals surface area contributed by atoms with E-state index in [4.69, 9.17) is 9.47 Å². The van der Waals surface area contributed by atoms with Crippen LogP contribution in [0.1, 0.15) is 23.7 Å². The maximum atomic E-state index is 12.7. The van der Waals surface area contributed by atoms with Crippen molar-refractivity contribution in [3.63, 3.8) is 0 Å². The molecule has 1 saturated heterocycles. The van der Waals surface area contributed by atoms with Crippen LogP contribution in [-0.2, 0) is 23.5 Å². The second-order valence-electron chi connectivity index (χ2n) is 7.32. The summed E-state index contributed by atoms with van der Waals surface area (Å²) in [5.41, 5.74) is 1.85. The highest BCUT2D eigenvalue weighted by molar-refractivity contribution is 7.89. The zero-order valence-electron chi connectivity index (χ0n) is 17.0. The maximum absolute atomic E-state index is 12.7. The van der Waals surface area contributed by atoms with E-state index in [1.165, 1.54) is 16.8 Å². The summed E-state index contributed by atoms with van der Waals surface area (Å²) in [5.74, 6) is 1.63. The maximum Gasteiger partial charge on any atom is 0.262 e. The van der Waals surface area contributed by atoms with Crippen LogP contribution in [0, 0.1) is 0 Å². The van der Waals surface area contributed by atoms with Crippen molar-refractivity contribution in [2.24, 2.45) is 7.05 Å². The van der Waals surface area contributed by atoms with Crippen LogP contribution >= 0.6 is 0 Å². The zero-order chi connectivity index (χ0) is 21.1. The molecule has 1 fully saturated rings. The first-order valence-electron chi connectivity index (χ1n) is 9.75. The Hall–Kier alpha value is -2.85. The van der Waals surface area contributed by atoms with Crippen LogP contribution in [0.25, 0.3) is 0 Å². The van der Waals surface area contributed by atoms with E-state index in [0.717, 1.165) is 29.3 Å². The van der Waals surface area contributed by atoms with Crippen LogP contribution in [0.15, 0.2) is 47.9 Å². The highest BCUT2D eigenvalue weighted by Gasteiger charge is 2.35. The number of benzene rings is 1. The van der Waals surface area contributed by atoms with Crippen LogP contribution in [0.2, 0.25) is 0 Å². The topological polar surface area (TPSA) is 102 Å². The third-order valence-corrected chi connectivity index (χ3v) is 6.96. The molecule has 1 aliphatic heterocycles. The average Bonchev–Trinajstić information content (AvgIpc) is 3.49. The number of H-pyrrole nitrogens is 1. The van der Waals surface area contributed by atoms with E-state index in [0.29, 0.717) is 26.1 Å². The van der Waals surface area contributed by atoms with Gasteiger partial charge in [-0.3, -0.25) is 5.10 Å². The van der Waals surface area contributed by atoms with Crippen molar-refractivity contribution in [3.8, 4) is 11.5 Å². The molecule has 160 valence electrons. The van der Waals surface area contributed by atoms with E-state index in [1.54, 1.807) is 18.7 Å². The van der Waals surface area contributed by atoms with E-state index in [1.807, 2.05) is 30.3 Å². The first-order chi connectivity index (χ1) is 14.5. The Bertz CT molecular complexity index is 1090. The van der Waals surface area contributed by atoms with Crippen molar-refractivity contribution in [1.29, 1.82) is 0 Å². The molecule has 0 spiro atoms. The molecule has 0 bridgehead atoms. The summed E-state index contributed by atoms with van der Waals surface area (Å²) < 4.78 is 39.5. The molecule has 0 saturated carbocycles. The molecule has 4 rings (SSSR count). The Morgan fingerprint density at radius 3 is 2.70 bits per heavy atom. The molecule has 0 aliphatic carbocycles. The van der Waals surface area contributed by atoms with Gasteiger partial charge in [0.25, 0.3) is 10.0 Å². The molecule has 3 aromatic rings. The number of ether oxygens (including phenoxy) is 2. The van der Waals surface area contributed by atoms with Gasteiger partial charge in [-0.05, 0) is 36.8 Å². The summed E-state index contributed by atoms with van der Waals surface area (Å²) >= 11 is 0. The lowest BCUT2D eigenvalue weighted by atomic mass is 10.0. The molecule has 1 aliphatic rings. The van der Waals surface area contributed by atoms with E-state index in [9.17, 15) is 8.42 Å². The quantitative estimate of drug-likeness (QED) is 0.585. The molecule has 1 unspecified atom stereocenters. The summed E-state index contributed by atoms with van der Waals surface area (Å²) in [5, 5.41) is 7.53. The molecule has 9 nitrogen and oxygen atoms in total. The van der Waals surface area contributed by atoms with Gasteiger partial charge in [0.15, 0.2) is 5.03 Å². The number of methoxy groups -OCH3 is 1. The van der Waals surface area contributed by atoms with Crippen LogP contribution < -0.4 is 9.47 Å². The van der Waals surface area contributed by atoms with Gasteiger partial charge in [0.2, 0.25) is 0 Å². The van der Waals surface area contributed by atoms with Crippen molar-refractivity contribution in [2.75, 3.05) is 26.8 Å². The lowest BCUT2D eigenvalue weighted by molar-refractivity contribution is 0.319. The first-order valence-corrected chi connectivity index (χ1v) is 11.2. The van der Waals surface area contributed by atoms with Crippen molar-refractivity contribution < 1.29 is 17.9 Å². The van der Waals surface area contributed by atoms with Gasteiger partial charge in [-0.25, -0.2) is 13.4 Å².